The first kappa shape index (κ1) is 29.0. The zero-order chi connectivity index (χ0) is 27.5. The molecule has 6 N–H and O–H groups in total. The third kappa shape index (κ3) is 7.99. The number of hydrogen-bond acceptors (Lipinski definition) is 5. The van der Waals surface area contributed by atoms with Crippen LogP contribution in [0.4, 0.5) is 0 Å². The van der Waals surface area contributed by atoms with Crippen LogP contribution in [0.1, 0.15) is 67.8 Å². The van der Waals surface area contributed by atoms with Crippen LogP contribution in [0.2, 0.25) is 0 Å². The van der Waals surface area contributed by atoms with Crippen LogP contribution >= 0.6 is 0 Å². The highest BCUT2D eigenvalue weighted by molar-refractivity contribution is 5.99. The average molecular weight is 521 g/mol. The lowest BCUT2D eigenvalue weighted by Gasteiger charge is -2.32. The third-order valence-corrected chi connectivity index (χ3v) is 7.51. The molecule has 0 unspecified atom stereocenters. The van der Waals surface area contributed by atoms with Crippen LogP contribution in [0.15, 0.2) is 60.7 Å². The van der Waals surface area contributed by atoms with Gasteiger partial charge in [-0.25, -0.2) is 0 Å². The van der Waals surface area contributed by atoms with Crippen molar-refractivity contribution in [3.05, 3.63) is 71.8 Å². The molecule has 4 atom stereocenters. The SMILES string of the molecule is C[C@@](CCCCN)(CC(=O)[C@H](Cc1ccccc1)NC(=O)c1ccccc1)C(=O)N[C@H]1CCC[C@@H]1C(N)=O. The number of carbonyl (C=O) groups excluding carboxylic acids is 4. The van der Waals surface area contributed by atoms with Crippen LogP contribution in [-0.2, 0) is 20.8 Å². The molecule has 2 aromatic rings. The zero-order valence-electron chi connectivity index (χ0n) is 22.2. The predicted octanol–water partition coefficient (Wildman–Crippen LogP) is 2.89. The van der Waals surface area contributed by atoms with E-state index in [1.807, 2.05) is 36.4 Å². The maximum atomic E-state index is 13.8. The van der Waals surface area contributed by atoms with E-state index in [0.717, 1.165) is 18.4 Å². The van der Waals surface area contributed by atoms with Gasteiger partial charge in [0.05, 0.1) is 17.4 Å². The lowest BCUT2D eigenvalue weighted by atomic mass is 9.77. The molecule has 0 bridgehead atoms. The smallest absolute Gasteiger partial charge is 0.251 e. The van der Waals surface area contributed by atoms with Crippen molar-refractivity contribution in [1.82, 2.24) is 10.6 Å². The summed E-state index contributed by atoms with van der Waals surface area (Å²) >= 11 is 0. The highest BCUT2D eigenvalue weighted by Crippen LogP contribution is 2.32. The molecular weight excluding hydrogens is 480 g/mol. The number of amides is 3. The van der Waals surface area contributed by atoms with Gasteiger partial charge >= 0.3 is 0 Å². The van der Waals surface area contributed by atoms with Crippen LogP contribution < -0.4 is 22.1 Å². The summed E-state index contributed by atoms with van der Waals surface area (Å²) in [5.74, 6) is -1.65. The Bertz CT molecular complexity index is 1090. The molecule has 0 spiro atoms. The van der Waals surface area contributed by atoms with E-state index in [1.54, 1.807) is 31.2 Å². The maximum Gasteiger partial charge on any atom is 0.251 e. The molecule has 0 radical (unpaired) electrons. The second kappa shape index (κ2) is 13.9. The van der Waals surface area contributed by atoms with Gasteiger partial charge in [-0.05, 0) is 56.3 Å². The summed E-state index contributed by atoms with van der Waals surface area (Å²) in [5, 5.41) is 5.93. The Morgan fingerprint density at radius 3 is 2.26 bits per heavy atom. The van der Waals surface area contributed by atoms with Crippen LogP contribution in [0.3, 0.4) is 0 Å². The highest BCUT2D eigenvalue weighted by Gasteiger charge is 2.41. The number of carbonyl (C=O) groups is 4. The average Bonchev–Trinajstić information content (AvgIpc) is 3.38. The summed E-state index contributed by atoms with van der Waals surface area (Å²) in [6.45, 7) is 2.27. The van der Waals surface area contributed by atoms with Crippen molar-refractivity contribution in [3.8, 4) is 0 Å². The second-order valence-corrected chi connectivity index (χ2v) is 10.6. The molecule has 8 heteroatoms. The number of primary amides is 1. The fraction of sp³-hybridized carbons (Fsp3) is 0.467. The first-order chi connectivity index (χ1) is 18.2. The van der Waals surface area contributed by atoms with Gasteiger partial charge in [0.1, 0.15) is 0 Å². The predicted molar refractivity (Wildman–Crippen MR) is 147 cm³/mol. The molecular formula is C30H40N4O4. The number of benzene rings is 2. The molecule has 0 saturated heterocycles. The summed E-state index contributed by atoms with van der Waals surface area (Å²) in [6, 6.07) is 17.1. The number of Topliss-reactive ketones (excluding diaryl/α,β-unsaturated/α-hetero) is 1. The Labute approximate surface area is 224 Å². The maximum absolute atomic E-state index is 13.8. The fourth-order valence-corrected chi connectivity index (χ4v) is 5.19. The Hall–Kier alpha value is -3.52. The number of nitrogens with two attached hydrogens (primary N) is 2. The van der Waals surface area contributed by atoms with E-state index in [1.165, 1.54) is 0 Å². The topological polar surface area (TPSA) is 144 Å². The fourth-order valence-electron chi connectivity index (χ4n) is 5.19. The van der Waals surface area contributed by atoms with Crippen LogP contribution in [-0.4, -0.2) is 42.1 Å². The number of unbranched alkanes of at least 4 members (excludes halogenated alkanes) is 1. The summed E-state index contributed by atoms with van der Waals surface area (Å²) in [6.07, 6.45) is 4.26. The summed E-state index contributed by atoms with van der Waals surface area (Å²) < 4.78 is 0. The first-order valence-corrected chi connectivity index (χ1v) is 13.5. The lowest BCUT2D eigenvalue weighted by molar-refractivity contribution is -0.137. The Morgan fingerprint density at radius 2 is 1.63 bits per heavy atom. The summed E-state index contributed by atoms with van der Waals surface area (Å²) in [5.41, 5.74) is 11.6. The minimum absolute atomic E-state index is 0.0517. The van der Waals surface area contributed by atoms with Gasteiger partial charge in [0.2, 0.25) is 11.8 Å². The minimum atomic E-state index is -1.02. The molecule has 8 nitrogen and oxygen atoms in total. The zero-order valence-corrected chi connectivity index (χ0v) is 22.2. The Morgan fingerprint density at radius 1 is 0.974 bits per heavy atom. The van der Waals surface area contributed by atoms with Crippen molar-refractivity contribution in [3.63, 3.8) is 0 Å². The van der Waals surface area contributed by atoms with E-state index in [4.69, 9.17) is 11.5 Å². The molecule has 0 aliphatic heterocycles. The van der Waals surface area contributed by atoms with Gasteiger partial charge in [0.25, 0.3) is 5.91 Å². The number of hydrogen-bond donors (Lipinski definition) is 4. The van der Waals surface area contributed by atoms with E-state index in [-0.39, 0.29) is 30.1 Å². The van der Waals surface area contributed by atoms with E-state index in [9.17, 15) is 19.2 Å². The van der Waals surface area contributed by atoms with Crippen molar-refractivity contribution in [2.24, 2.45) is 22.8 Å². The monoisotopic (exact) mass is 520 g/mol. The minimum Gasteiger partial charge on any atom is -0.369 e. The number of ketones is 1. The quantitative estimate of drug-likeness (QED) is 0.283. The molecule has 0 heterocycles. The second-order valence-electron chi connectivity index (χ2n) is 10.6. The first-order valence-electron chi connectivity index (χ1n) is 13.5. The largest absolute Gasteiger partial charge is 0.369 e. The molecule has 1 aliphatic rings. The summed E-state index contributed by atoms with van der Waals surface area (Å²) in [7, 11) is 0. The van der Waals surface area contributed by atoms with Crippen molar-refractivity contribution in [2.75, 3.05) is 6.54 Å². The lowest BCUT2D eigenvalue weighted by Crippen LogP contribution is -2.50. The molecule has 1 fully saturated rings. The van der Waals surface area contributed by atoms with Crippen LogP contribution in [0.5, 0.6) is 0 Å². The van der Waals surface area contributed by atoms with Gasteiger partial charge in [-0.1, -0.05) is 68.3 Å². The van der Waals surface area contributed by atoms with Crippen molar-refractivity contribution >= 4 is 23.5 Å². The molecule has 204 valence electrons. The molecule has 38 heavy (non-hydrogen) atoms. The Balaban J connectivity index is 1.81. The van der Waals surface area contributed by atoms with Crippen LogP contribution in [0, 0.1) is 11.3 Å². The molecule has 1 saturated carbocycles. The van der Waals surface area contributed by atoms with Crippen molar-refractivity contribution in [1.29, 1.82) is 0 Å². The molecule has 0 aromatic heterocycles. The standard InChI is InChI=1S/C30H40N4O4/c1-30(17-8-9-18-31,29(38)34-24-16-10-15-23(24)27(32)36)20-26(35)25(19-21-11-4-2-5-12-21)33-28(37)22-13-6-3-7-14-22/h2-7,11-14,23-25H,8-10,15-20,31H2,1H3,(H2,32,36)(H,33,37)(H,34,38)/t23-,24-,25-,30+/m0/s1. The molecule has 1 aliphatic carbocycles. The van der Waals surface area contributed by atoms with Gasteiger partial charge in [-0.15, -0.1) is 0 Å². The number of nitrogens with one attached hydrogen (secondary N) is 2. The van der Waals surface area contributed by atoms with Gasteiger partial charge in [-0.2, -0.15) is 0 Å². The normalized spacial score (nSPS) is 19.2. The van der Waals surface area contributed by atoms with E-state index in [0.29, 0.717) is 44.2 Å². The van der Waals surface area contributed by atoms with E-state index >= 15 is 0 Å². The third-order valence-electron chi connectivity index (χ3n) is 7.51. The van der Waals surface area contributed by atoms with Gasteiger partial charge in [0, 0.05) is 18.0 Å². The van der Waals surface area contributed by atoms with Crippen molar-refractivity contribution in [2.45, 2.75) is 70.4 Å². The van der Waals surface area contributed by atoms with Gasteiger partial charge in [-0.3, -0.25) is 19.2 Å². The Kier molecular flexibility index (Phi) is 10.6. The summed E-state index contributed by atoms with van der Waals surface area (Å²) in [4.78, 5) is 52.3. The van der Waals surface area contributed by atoms with E-state index in [2.05, 4.69) is 10.6 Å². The van der Waals surface area contributed by atoms with Crippen LogP contribution in [0.25, 0.3) is 0 Å². The number of rotatable bonds is 14. The highest BCUT2D eigenvalue weighted by atomic mass is 16.2. The van der Waals surface area contributed by atoms with Gasteiger partial charge < -0.3 is 22.1 Å². The molecule has 3 rings (SSSR count). The van der Waals surface area contributed by atoms with E-state index < -0.39 is 23.3 Å². The van der Waals surface area contributed by atoms with Crippen molar-refractivity contribution < 1.29 is 19.2 Å². The molecule has 3 amide bonds. The molecule has 2 aromatic carbocycles. The van der Waals surface area contributed by atoms with Gasteiger partial charge in [0.15, 0.2) is 5.78 Å².